The third kappa shape index (κ3) is 1.60. The lowest BCUT2D eigenvalue weighted by atomic mass is 10.00. The number of aliphatic hydroxyl groups excluding tert-OH is 3. The average molecular weight is 178 g/mol. The van der Waals surface area contributed by atoms with Gasteiger partial charge in [-0.3, -0.25) is 0 Å². The maximum Gasteiger partial charge on any atom is 0.183 e. The fraction of sp³-hybridized carbons (Fsp3) is 1.00. The quantitative estimate of drug-likeness (QED) is 0.453. The second-order valence-electron chi connectivity index (χ2n) is 2.91. The van der Waals surface area contributed by atoms with E-state index in [1.54, 1.807) is 6.92 Å². The number of aliphatic hydroxyl groups is 3. The molecule has 0 amide bonds. The molecule has 5 heteroatoms. The lowest BCUT2D eigenvalue weighted by Crippen LogP contribution is -2.57. The summed E-state index contributed by atoms with van der Waals surface area (Å²) in [5.41, 5.74) is 0. The number of methoxy groups -OCH3 is 1. The van der Waals surface area contributed by atoms with Crippen LogP contribution in [-0.2, 0) is 9.47 Å². The van der Waals surface area contributed by atoms with E-state index in [-0.39, 0.29) is 0 Å². The second kappa shape index (κ2) is 3.68. The average Bonchev–Trinajstić information content (AvgIpc) is 2.01. The first-order valence-electron chi connectivity index (χ1n) is 3.80. The highest BCUT2D eigenvalue weighted by atomic mass is 16.6. The molecular weight excluding hydrogens is 164 g/mol. The topological polar surface area (TPSA) is 79.2 Å². The molecule has 0 aliphatic carbocycles. The van der Waals surface area contributed by atoms with E-state index in [2.05, 4.69) is 0 Å². The van der Waals surface area contributed by atoms with E-state index in [0.717, 1.165) is 0 Å². The summed E-state index contributed by atoms with van der Waals surface area (Å²) >= 11 is 0. The van der Waals surface area contributed by atoms with Crippen molar-refractivity contribution in [3.8, 4) is 0 Å². The summed E-state index contributed by atoms with van der Waals surface area (Å²) in [5, 5.41) is 27.6. The van der Waals surface area contributed by atoms with Gasteiger partial charge in [-0.1, -0.05) is 0 Å². The maximum atomic E-state index is 9.36. The van der Waals surface area contributed by atoms with Crippen LogP contribution < -0.4 is 0 Å². The molecular formula is C7H14O5. The van der Waals surface area contributed by atoms with Crippen LogP contribution in [0.3, 0.4) is 0 Å². The molecule has 0 aromatic heterocycles. The van der Waals surface area contributed by atoms with Crippen LogP contribution in [0.15, 0.2) is 0 Å². The van der Waals surface area contributed by atoms with Crippen molar-refractivity contribution < 1.29 is 24.8 Å². The Morgan fingerprint density at radius 2 is 1.75 bits per heavy atom. The Balaban J connectivity index is 2.65. The molecule has 0 unspecified atom stereocenters. The highest BCUT2D eigenvalue weighted by Gasteiger charge is 2.41. The lowest BCUT2D eigenvalue weighted by Gasteiger charge is -2.38. The Morgan fingerprint density at radius 1 is 1.17 bits per heavy atom. The fourth-order valence-electron chi connectivity index (χ4n) is 1.35. The molecule has 1 fully saturated rings. The van der Waals surface area contributed by atoms with E-state index in [4.69, 9.17) is 19.7 Å². The highest BCUT2D eigenvalue weighted by Crippen LogP contribution is 2.21. The maximum absolute atomic E-state index is 9.36. The summed E-state index contributed by atoms with van der Waals surface area (Å²) in [7, 11) is 1.41. The molecule has 12 heavy (non-hydrogen) atoms. The van der Waals surface area contributed by atoms with E-state index >= 15 is 0 Å². The van der Waals surface area contributed by atoms with Crippen molar-refractivity contribution >= 4 is 0 Å². The van der Waals surface area contributed by atoms with Gasteiger partial charge in [-0.15, -0.1) is 0 Å². The molecule has 1 aliphatic heterocycles. The zero-order chi connectivity index (χ0) is 9.30. The predicted octanol–water partition coefficient (Wildman–Crippen LogP) is -1.54. The molecule has 0 aromatic rings. The number of ether oxygens (including phenoxy) is 2. The summed E-state index contributed by atoms with van der Waals surface area (Å²) in [6.45, 7) is 1.66. The summed E-state index contributed by atoms with van der Waals surface area (Å²) < 4.78 is 9.78. The summed E-state index contributed by atoms with van der Waals surface area (Å²) in [6.07, 6.45) is -4.76. The number of rotatable bonds is 1. The van der Waals surface area contributed by atoms with Crippen LogP contribution in [-0.4, -0.2) is 53.1 Å². The summed E-state index contributed by atoms with van der Waals surface area (Å²) in [6, 6.07) is 0. The van der Waals surface area contributed by atoms with Gasteiger partial charge in [0.05, 0.1) is 6.10 Å². The van der Waals surface area contributed by atoms with Crippen LogP contribution in [0, 0.1) is 0 Å². The smallest absolute Gasteiger partial charge is 0.183 e. The fourth-order valence-corrected chi connectivity index (χ4v) is 1.35. The Kier molecular flexibility index (Phi) is 3.03. The first-order chi connectivity index (χ1) is 5.57. The summed E-state index contributed by atoms with van der Waals surface area (Å²) in [4.78, 5) is 0. The van der Waals surface area contributed by atoms with Crippen molar-refractivity contribution in [1.82, 2.24) is 0 Å². The molecule has 1 saturated heterocycles. The van der Waals surface area contributed by atoms with Crippen LogP contribution in [0.4, 0.5) is 0 Å². The van der Waals surface area contributed by atoms with Gasteiger partial charge in [0.1, 0.15) is 18.3 Å². The van der Waals surface area contributed by atoms with Gasteiger partial charge < -0.3 is 24.8 Å². The van der Waals surface area contributed by atoms with Crippen molar-refractivity contribution in [3.05, 3.63) is 0 Å². The van der Waals surface area contributed by atoms with Crippen molar-refractivity contribution in [3.63, 3.8) is 0 Å². The highest BCUT2D eigenvalue weighted by molar-refractivity contribution is 4.87. The predicted molar refractivity (Wildman–Crippen MR) is 39.4 cm³/mol. The minimum absolute atomic E-state index is 0.427. The third-order valence-electron chi connectivity index (χ3n) is 2.07. The van der Waals surface area contributed by atoms with E-state index in [1.807, 2.05) is 0 Å². The largest absolute Gasteiger partial charge is 0.387 e. The van der Waals surface area contributed by atoms with Crippen molar-refractivity contribution in [1.29, 1.82) is 0 Å². The van der Waals surface area contributed by atoms with Crippen LogP contribution in [0.25, 0.3) is 0 Å². The molecule has 3 N–H and O–H groups in total. The van der Waals surface area contributed by atoms with Gasteiger partial charge >= 0.3 is 0 Å². The van der Waals surface area contributed by atoms with Crippen LogP contribution in [0.2, 0.25) is 0 Å². The third-order valence-corrected chi connectivity index (χ3v) is 2.07. The molecule has 0 saturated carbocycles. The van der Waals surface area contributed by atoms with Crippen molar-refractivity contribution in [2.75, 3.05) is 7.11 Å². The first kappa shape index (κ1) is 9.88. The van der Waals surface area contributed by atoms with E-state index in [1.165, 1.54) is 7.11 Å². The first-order valence-corrected chi connectivity index (χ1v) is 3.80. The van der Waals surface area contributed by atoms with E-state index in [0.29, 0.717) is 0 Å². The van der Waals surface area contributed by atoms with Crippen LogP contribution >= 0.6 is 0 Å². The zero-order valence-corrected chi connectivity index (χ0v) is 7.04. The number of hydrogen-bond acceptors (Lipinski definition) is 5. The molecule has 72 valence electrons. The lowest BCUT2D eigenvalue weighted by molar-refractivity contribution is -0.281. The Morgan fingerprint density at radius 3 is 2.25 bits per heavy atom. The molecule has 1 aliphatic rings. The Hall–Kier alpha value is -0.200. The monoisotopic (exact) mass is 178 g/mol. The van der Waals surface area contributed by atoms with Crippen molar-refractivity contribution in [2.24, 2.45) is 0 Å². The van der Waals surface area contributed by atoms with Crippen LogP contribution in [0.1, 0.15) is 6.92 Å². The molecule has 1 rings (SSSR count). The van der Waals surface area contributed by atoms with Gasteiger partial charge in [0.25, 0.3) is 0 Å². The van der Waals surface area contributed by atoms with Gasteiger partial charge in [-0.05, 0) is 6.92 Å². The zero-order valence-electron chi connectivity index (χ0n) is 7.04. The molecule has 5 atom stereocenters. The van der Waals surface area contributed by atoms with Gasteiger partial charge in [0.15, 0.2) is 6.29 Å². The Bertz CT molecular complexity index is 151. The van der Waals surface area contributed by atoms with Gasteiger partial charge in [0.2, 0.25) is 0 Å². The van der Waals surface area contributed by atoms with E-state index in [9.17, 15) is 5.11 Å². The second-order valence-corrected chi connectivity index (χ2v) is 2.91. The Labute approximate surface area is 70.5 Å². The van der Waals surface area contributed by atoms with Crippen LogP contribution in [0.5, 0.6) is 0 Å². The molecule has 0 bridgehead atoms. The molecule has 5 nitrogen and oxygen atoms in total. The molecule has 0 radical (unpaired) electrons. The minimum Gasteiger partial charge on any atom is -0.387 e. The van der Waals surface area contributed by atoms with Gasteiger partial charge in [-0.2, -0.15) is 0 Å². The summed E-state index contributed by atoms with van der Waals surface area (Å²) in [5.74, 6) is 0. The molecule has 1 heterocycles. The standard InChI is InChI=1S/C7H14O5/c1-3-6(11-2)4(8)5(9)7(10)12-3/h3-10H,1-2H3/t3-,4+,5-,6-,7+/m0/s1. The van der Waals surface area contributed by atoms with Crippen molar-refractivity contribution in [2.45, 2.75) is 37.6 Å². The normalized spacial score (nSPS) is 49.2. The SMILES string of the molecule is CO[C@@H]1[C@H](O)[C@H](O)[C@H](O)O[C@H]1C. The van der Waals surface area contributed by atoms with E-state index < -0.39 is 30.7 Å². The molecule has 0 spiro atoms. The van der Waals surface area contributed by atoms with Gasteiger partial charge in [0, 0.05) is 7.11 Å². The minimum atomic E-state index is -1.33. The van der Waals surface area contributed by atoms with Gasteiger partial charge in [-0.25, -0.2) is 0 Å². The molecule has 0 aromatic carbocycles. The number of hydrogen-bond donors (Lipinski definition) is 3.